The number of ether oxygens (including phenoxy) is 1. The highest BCUT2D eigenvalue weighted by molar-refractivity contribution is 5.81. The first-order chi connectivity index (χ1) is 9.99. The Morgan fingerprint density at radius 3 is 2.76 bits per heavy atom. The van der Waals surface area contributed by atoms with E-state index < -0.39 is 12.2 Å². The van der Waals surface area contributed by atoms with Gasteiger partial charge >= 0.3 is 0 Å². The fourth-order valence-electron chi connectivity index (χ4n) is 2.94. The van der Waals surface area contributed by atoms with Crippen LogP contribution in [-0.4, -0.2) is 41.2 Å². The molecule has 4 heteroatoms. The number of likely N-dealkylation sites (N-methyl/N-ethyl adjacent to an activating group) is 1. The van der Waals surface area contributed by atoms with Gasteiger partial charge in [-0.3, -0.25) is 4.79 Å². The Labute approximate surface area is 126 Å². The Morgan fingerprint density at radius 1 is 1.38 bits per heavy atom. The molecule has 0 unspecified atom stereocenters. The lowest BCUT2D eigenvalue weighted by Crippen LogP contribution is -2.50. The molecule has 1 aliphatic rings. The van der Waals surface area contributed by atoms with Crippen LogP contribution >= 0.6 is 0 Å². The molecule has 1 N–H and O–H groups in total. The molecule has 0 saturated heterocycles. The Morgan fingerprint density at radius 2 is 2.10 bits per heavy atom. The lowest BCUT2D eigenvalue weighted by Gasteiger charge is -2.36. The third-order valence-corrected chi connectivity index (χ3v) is 4.19. The molecule has 3 atom stereocenters. The molecule has 21 heavy (non-hydrogen) atoms. The van der Waals surface area contributed by atoms with E-state index in [1.807, 2.05) is 31.2 Å². The molecule has 1 fully saturated rings. The van der Waals surface area contributed by atoms with Crippen LogP contribution in [0.15, 0.2) is 24.3 Å². The molecule has 1 saturated carbocycles. The van der Waals surface area contributed by atoms with E-state index in [4.69, 9.17) is 4.74 Å². The second-order valence-corrected chi connectivity index (χ2v) is 5.94. The summed E-state index contributed by atoms with van der Waals surface area (Å²) in [7, 11) is 1.76. The van der Waals surface area contributed by atoms with E-state index in [0.717, 1.165) is 31.2 Å². The molecule has 0 radical (unpaired) electrons. The zero-order chi connectivity index (χ0) is 15.4. The van der Waals surface area contributed by atoms with Crippen LogP contribution in [0.2, 0.25) is 0 Å². The summed E-state index contributed by atoms with van der Waals surface area (Å²) >= 11 is 0. The third-order valence-electron chi connectivity index (χ3n) is 4.19. The number of aryl methyl sites for hydroxylation is 1. The number of hydrogen-bond acceptors (Lipinski definition) is 3. The average Bonchev–Trinajstić information content (AvgIpc) is 2.46. The quantitative estimate of drug-likeness (QED) is 0.927. The number of carbonyl (C=O) groups is 1. The van der Waals surface area contributed by atoms with Crippen LogP contribution in [0.5, 0.6) is 5.75 Å². The molecule has 0 aromatic heterocycles. The van der Waals surface area contributed by atoms with Crippen molar-refractivity contribution in [3.05, 3.63) is 29.8 Å². The summed E-state index contributed by atoms with van der Waals surface area (Å²) in [4.78, 5) is 14.1. The standard InChI is InChI=1S/C17H25NO3/c1-12-7-6-8-14(11-12)21-13(2)17(20)18(3)15-9-4-5-10-16(15)19/h6-8,11,13,15-16,19H,4-5,9-10H2,1-3H3/t13-,15+,16+/m1/s1. The largest absolute Gasteiger partial charge is 0.481 e. The van der Waals surface area contributed by atoms with Gasteiger partial charge in [-0.2, -0.15) is 0 Å². The first-order valence-electron chi connectivity index (χ1n) is 7.67. The van der Waals surface area contributed by atoms with Crippen molar-refractivity contribution in [1.82, 2.24) is 4.90 Å². The zero-order valence-electron chi connectivity index (χ0n) is 13.1. The number of aliphatic hydroxyl groups excluding tert-OH is 1. The molecule has 1 aliphatic carbocycles. The number of amides is 1. The van der Waals surface area contributed by atoms with Gasteiger partial charge in [0.2, 0.25) is 0 Å². The minimum atomic E-state index is -0.550. The van der Waals surface area contributed by atoms with Gasteiger partial charge < -0.3 is 14.7 Å². The maximum Gasteiger partial charge on any atom is 0.263 e. The number of aliphatic hydroxyl groups is 1. The van der Waals surface area contributed by atoms with E-state index in [9.17, 15) is 9.90 Å². The molecular weight excluding hydrogens is 266 g/mol. The fourth-order valence-corrected chi connectivity index (χ4v) is 2.94. The van der Waals surface area contributed by atoms with Crippen molar-refractivity contribution in [2.45, 2.75) is 57.8 Å². The van der Waals surface area contributed by atoms with Gasteiger partial charge in [0, 0.05) is 7.05 Å². The Bertz CT molecular complexity index is 489. The predicted molar refractivity (Wildman–Crippen MR) is 82.3 cm³/mol. The van der Waals surface area contributed by atoms with E-state index in [2.05, 4.69) is 0 Å². The number of rotatable bonds is 4. The molecule has 0 bridgehead atoms. The molecule has 1 aromatic carbocycles. The second kappa shape index (κ2) is 6.94. The summed E-state index contributed by atoms with van der Waals surface area (Å²) in [5.41, 5.74) is 1.10. The van der Waals surface area contributed by atoms with Crippen molar-refractivity contribution >= 4 is 5.91 Å². The van der Waals surface area contributed by atoms with Crippen molar-refractivity contribution in [3.8, 4) is 5.75 Å². The molecule has 116 valence electrons. The zero-order valence-corrected chi connectivity index (χ0v) is 13.1. The summed E-state index contributed by atoms with van der Waals surface area (Å²) < 4.78 is 5.73. The first kappa shape index (κ1) is 15.8. The highest BCUT2D eigenvalue weighted by atomic mass is 16.5. The van der Waals surface area contributed by atoms with Crippen molar-refractivity contribution in [3.63, 3.8) is 0 Å². The smallest absolute Gasteiger partial charge is 0.263 e. The van der Waals surface area contributed by atoms with Crippen molar-refractivity contribution < 1.29 is 14.6 Å². The highest BCUT2D eigenvalue weighted by Gasteiger charge is 2.31. The normalized spacial score (nSPS) is 23.4. The third kappa shape index (κ3) is 3.97. The Hall–Kier alpha value is -1.55. The van der Waals surface area contributed by atoms with Crippen LogP contribution in [0, 0.1) is 6.92 Å². The maximum atomic E-state index is 12.5. The highest BCUT2D eigenvalue weighted by Crippen LogP contribution is 2.23. The van der Waals surface area contributed by atoms with Gasteiger partial charge in [0.05, 0.1) is 12.1 Å². The molecular formula is C17H25NO3. The van der Waals surface area contributed by atoms with Gasteiger partial charge in [0.15, 0.2) is 6.10 Å². The van der Waals surface area contributed by atoms with Gasteiger partial charge in [0.1, 0.15) is 5.75 Å². The van der Waals surface area contributed by atoms with Crippen molar-refractivity contribution in [2.24, 2.45) is 0 Å². The molecule has 1 amide bonds. The fraction of sp³-hybridized carbons (Fsp3) is 0.588. The second-order valence-electron chi connectivity index (χ2n) is 5.94. The summed E-state index contributed by atoms with van der Waals surface area (Å²) in [6.45, 7) is 3.75. The van der Waals surface area contributed by atoms with E-state index in [1.165, 1.54) is 0 Å². The van der Waals surface area contributed by atoms with Gasteiger partial charge in [-0.1, -0.05) is 25.0 Å². The lowest BCUT2D eigenvalue weighted by atomic mass is 9.91. The van der Waals surface area contributed by atoms with E-state index in [-0.39, 0.29) is 11.9 Å². The summed E-state index contributed by atoms with van der Waals surface area (Å²) in [5, 5.41) is 10.1. The van der Waals surface area contributed by atoms with Crippen LogP contribution in [0.3, 0.4) is 0 Å². The molecule has 0 spiro atoms. The number of benzene rings is 1. The van der Waals surface area contributed by atoms with Crippen molar-refractivity contribution in [1.29, 1.82) is 0 Å². The molecule has 4 nitrogen and oxygen atoms in total. The topological polar surface area (TPSA) is 49.8 Å². The van der Waals surface area contributed by atoms with Crippen LogP contribution < -0.4 is 4.74 Å². The SMILES string of the molecule is Cc1cccc(O[C@H](C)C(=O)N(C)[C@H]2CCCC[C@@H]2O)c1. The molecule has 0 heterocycles. The minimum absolute atomic E-state index is 0.0811. The van der Waals surface area contributed by atoms with Crippen LogP contribution in [-0.2, 0) is 4.79 Å². The maximum absolute atomic E-state index is 12.5. The summed E-state index contributed by atoms with van der Waals surface area (Å²) in [5.74, 6) is 0.621. The number of hydrogen-bond donors (Lipinski definition) is 1. The molecule has 2 rings (SSSR count). The van der Waals surface area contributed by atoms with E-state index >= 15 is 0 Å². The Balaban J connectivity index is 1.98. The van der Waals surface area contributed by atoms with Gasteiger partial charge in [-0.25, -0.2) is 0 Å². The molecule has 0 aliphatic heterocycles. The van der Waals surface area contributed by atoms with E-state index in [1.54, 1.807) is 18.9 Å². The van der Waals surface area contributed by atoms with Crippen LogP contribution in [0.1, 0.15) is 38.2 Å². The molecule has 1 aromatic rings. The van der Waals surface area contributed by atoms with E-state index in [0.29, 0.717) is 5.75 Å². The first-order valence-corrected chi connectivity index (χ1v) is 7.67. The minimum Gasteiger partial charge on any atom is -0.481 e. The van der Waals surface area contributed by atoms with Crippen molar-refractivity contribution in [2.75, 3.05) is 7.05 Å². The summed E-state index contributed by atoms with van der Waals surface area (Å²) in [6.07, 6.45) is 2.77. The lowest BCUT2D eigenvalue weighted by molar-refractivity contribution is -0.142. The predicted octanol–water partition coefficient (Wildman–Crippen LogP) is 2.52. The monoisotopic (exact) mass is 291 g/mol. The van der Waals surface area contributed by atoms with Crippen LogP contribution in [0.4, 0.5) is 0 Å². The van der Waals surface area contributed by atoms with Crippen LogP contribution in [0.25, 0.3) is 0 Å². The van der Waals surface area contributed by atoms with Gasteiger partial charge in [-0.05, 0) is 44.4 Å². The average molecular weight is 291 g/mol. The number of nitrogens with zero attached hydrogens (tertiary/aromatic N) is 1. The Kier molecular flexibility index (Phi) is 5.23. The van der Waals surface area contributed by atoms with Gasteiger partial charge in [0.25, 0.3) is 5.91 Å². The number of carbonyl (C=O) groups excluding carboxylic acids is 1. The van der Waals surface area contributed by atoms with Gasteiger partial charge in [-0.15, -0.1) is 0 Å². The summed E-state index contributed by atoms with van der Waals surface area (Å²) in [6, 6.07) is 7.58.